The van der Waals surface area contributed by atoms with Crippen LogP contribution in [-0.2, 0) is 6.42 Å². The number of halogens is 1. The summed E-state index contributed by atoms with van der Waals surface area (Å²) in [5.74, 6) is 1.49. The lowest BCUT2D eigenvalue weighted by atomic mass is 10.1. The molecule has 1 amide bonds. The van der Waals surface area contributed by atoms with E-state index in [2.05, 4.69) is 47.2 Å². The van der Waals surface area contributed by atoms with Gasteiger partial charge in [-0.1, -0.05) is 66.2 Å². The van der Waals surface area contributed by atoms with Gasteiger partial charge in [-0.05, 0) is 41.8 Å². The maximum Gasteiger partial charge on any atom is 0.259 e. The number of carbonyl (C=O) groups is 1. The lowest BCUT2D eigenvalue weighted by molar-refractivity contribution is 0.102. The molecule has 0 heterocycles. The van der Waals surface area contributed by atoms with Crippen LogP contribution in [0.25, 0.3) is 0 Å². The lowest BCUT2D eigenvalue weighted by Crippen LogP contribution is -2.14. The number of hydrogen-bond donors (Lipinski definition) is 1. The first-order valence-electron chi connectivity index (χ1n) is 10.0. The van der Waals surface area contributed by atoms with Crippen LogP contribution in [-0.4, -0.2) is 19.1 Å². The van der Waals surface area contributed by atoms with Crippen LogP contribution in [0, 0.1) is 5.92 Å². The van der Waals surface area contributed by atoms with Crippen LogP contribution in [0.4, 0.5) is 5.69 Å². The van der Waals surface area contributed by atoms with Crippen molar-refractivity contribution in [1.29, 1.82) is 0 Å². The summed E-state index contributed by atoms with van der Waals surface area (Å²) in [5, 5.41) is 2.94. The molecule has 0 aliphatic heterocycles. The zero-order chi connectivity index (χ0) is 21.3. The van der Waals surface area contributed by atoms with Crippen molar-refractivity contribution >= 4 is 27.5 Å². The molecule has 1 N–H and O–H groups in total. The highest BCUT2D eigenvalue weighted by Crippen LogP contribution is 2.26. The van der Waals surface area contributed by atoms with Gasteiger partial charge in [-0.15, -0.1) is 0 Å². The molecule has 0 aliphatic rings. The molecule has 0 fully saturated rings. The Hall–Kier alpha value is -2.79. The Morgan fingerprint density at radius 3 is 2.53 bits per heavy atom. The van der Waals surface area contributed by atoms with Crippen molar-refractivity contribution in [3.05, 3.63) is 88.4 Å². The monoisotopic (exact) mass is 467 g/mol. The average molecular weight is 468 g/mol. The lowest BCUT2D eigenvalue weighted by Gasteiger charge is -2.13. The van der Waals surface area contributed by atoms with Gasteiger partial charge < -0.3 is 14.8 Å². The molecule has 3 rings (SSSR count). The van der Waals surface area contributed by atoms with Gasteiger partial charge in [-0.25, -0.2) is 0 Å². The summed E-state index contributed by atoms with van der Waals surface area (Å²) in [7, 11) is 0. The zero-order valence-electron chi connectivity index (χ0n) is 17.2. The van der Waals surface area contributed by atoms with Gasteiger partial charge >= 0.3 is 0 Å². The van der Waals surface area contributed by atoms with Crippen LogP contribution in [0.15, 0.2) is 77.3 Å². The number of nitrogens with one attached hydrogen (secondary N) is 1. The van der Waals surface area contributed by atoms with Gasteiger partial charge in [0.1, 0.15) is 11.5 Å². The third-order valence-corrected chi connectivity index (χ3v) is 4.85. The first-order valence-corrected chi connectivity index (χ1v) is 10.8. The summed E-state index contributed by atoms with van der Waals surface area (Å²) in [6.45, 7) is 5.31. The molecule has 3 aromatic carbocycles. The van der Waals surface area contributed by atoms with Gasteiger partial charge in [-0.2, -0.15) is 0 Å². The summed E-state index contributed by atoms with van der Waals surface area (Å²) >= 11 is 3.45. The third-order valence-electron chi connectivity index (χ3n) is 4.35. The number of ether oxygens (including phenoxy) is 2. The average Bonchev–Trinajstić information content (AvgIpc) is 2.74. The van der Waals surface area contributed by atoms with Gasteiger partial charge in [0.05, 0.1) is 18.8 Å². The molecule has 0 aromatic heterocycles. The molecular weight excluding hydrogens is 442 g/mol. The molecule has 0 saturated heterocycles. The van der Waals surface area contributed by atoms with Crippen LogP contribution < -0.4 is 14.8 Å². The fourth-order valence-electron chi connectivity index (χ4n) is 2.85. The highest BCUT2D eigenvalue weighted by atomic mass is 79.9. The molecule has 156 valence electrons. The van der Waals surface area contributed by atoms with Gasteiger partial charge in [-0.3, -0.25) is 4.79 Å². The Bertz CT molecular complexity index is 973. The van der Waals surface area contributed by atoms with Crippen LogP contribution >= 0.6 is 15.9 Å². The van der Waals surface area contributed by atoms with Gasteiger partial charge in [0.25, 0.3) is 5.91 Å². The predicted molar refractivity (Wildman–Crippen MR) is 125 cm³/mol. The fourth-order valence-corrected chi connectivity index (χ4v) is 3.22. The van der Waals surface area contributed by atoms with E-state index in [9.17, 15) is 4.79 Å². The Morgan fingerprint density at radius 1 is 0.967 bits per heavy atom. The molecule has 4 nitrogen and oxygen atoms in total. The molecular formula is C25H26BrNO3. The minimum atomic E-state index is -0.230. The normalized spacial score (nSPS) is 10.7. The Morgan fingerprint density at radius 2 is 1.77 bits per heavy atom. The molecule has 0 saturated carbocycles. The van der Waals surface area contributed by atoms with E-state index in [1.165, 1.54) is 5.56 Å². The van der Waals surface area contributed by atoms with Crippen LogP contribution in [0.5, 0.6) is 11.5 Å². The minimum Gasteiger partial charge on any atom is -0.493 e. The summed E-state index contributed by atoms with van der Waals surface area (Å²) < 4.78 is 12.5. The summed E-state index contributed by atoms with van der Waals surface area (Å²) in [5.41, 5.74) is 2.35. The van der Waals surface area contributed by atoms with Crippen LogP contribution in [0.2, 0.25) is 0 Å². The number of anilines is 1. The van der Waals surface area contributed by atoms with Crippen molar-refractivity contribution in [3.8, 4) is 11.5 Å². The maximum atomic E-state index is 12.9. The van der Waals surface area contributed by atoms with E-state index in [-0.39, 0.29) is 5.91 Å². The molecule has 0 bridgehead atoms. The number of benzene rings is 3. The van der Waals surface area contributed by atoms with E-state index in [1.807, 2.05) is 54.6 Å². The summed E-state index contributed by atoms with van der Waals surface area (Å²) in [6, 6.07) is 23.0. The molecule has 0 unspecified atom stereocenters. The molecule has 3 aromatic rings. The van der Waals surface area contributed by atoms with E-state index >= 15 is 0 Å². The highest BCUT2D eigenvalue weighted by Gasteiger charge is 2.14. The molecule has 0 spiro atoms. The number of hydrogen-bond acceptors (Lipinski definition) is 3. The summed E-state index contributed by atoms with van der Waals surface area (Å²) in [6.07, 6.45) is 0.771. The number of rotatable bonds is 9. The second kappa shape index (κ2) is 10.8. The van der Waals surface area contributed by atoms with Crippen molar-refractivity contribution in [1.82, 2.24) is 0 Å². The Kier molecular flexibility index (Phi) is 7.91. The predicted octanol–water partition coefficient (Wildman–Crippen LogP) is 6.36. The topological polar surface area (TPSA) is 47.6 Å². The largest absolute Gasteiger partial charge is 0.493 e. The van der Waals surface area contributed by atoms with E-state index < -0.39 is 0 Å². The Balaban J connectivity index is 1.68. The van der Waals surface area contributed by atoms with Gasteiger partial charge in [0.15, 0.2) is 0 Å². The highest BCUT2D eigenvalue weighted by molar-refractivity contribution is 9.10. The first kappa shape index (κ1) is 21.9. The standard InChI is InChI=1S/C25H26BrNO3/c1-18(2)17-30-22-10-6-9-21(16-22)27-25(28)23-15-20(26)11-12-24(23)29-14-13-19-7-4-3-5-8-19/h3-12,15-16,18H,13-14,17H2,1-2H3,(H,27,28). The smallest absolute Gasteiger partial charge is 0.259 e. The summed E-state index contributed by atoms with van der Waals surface area (Å²) in [4.78, 5) is 12.9. The zero-order valence-corrected chi connectivity index (χ0v) is 18.8. The molecule has 0 aliphatic carbocycles. The first-order chi connectivity index (χ1) is 14.5. The quantitative estimate of drug-likeness (QED) is 0.398. The van der Waals surface area contributed by atoms with Crippen molar-refractivity contribution in [2.24, 2.45) is 5.92 Å². The Labute approximate surface area is 186 Å². The van der Waals surface area contributed by atoms with Crippen molar-refractivity contribution in [2.45, 2.75) is 20.3 Å². The van der Waals surface area contributed by atoms with Crippen molar-refractivity contribution < 1.29 is 14.3 Å². The van der Waals surface area contributed by atoms with E-state index in [1.54, 1.807) is 6.07 Å². The van der Waals surface area contributed by atoms with Gasteiger partial charge in [0.2, 0.25) is 0 Å². The van der Waals surface area contributed by atoms with Crippen LogP contribution in [0.3, 0.4) is 0 Å². The van der Waals surface area contributed by atoms with Crippen molar-refractivity contribution in [2.75, 3.05) is 18.5 Å². The van der Waals surface area contributed by atoms with E-state index in [0.29, 0.717) is 36.1 Å². The molecule has 0 atom stereocenters. The van der Waals surface area contributed by atoms with Crippen LogP contribution in [0.1, 0.15) is 29.8 Å². The molecule has 5 heteroatoms. The fraction of sp³-hybridized carbons (Fsp3) is 0.240. The van der Waals surface area contributed by atoms with Gasteiger partial charge in [0, 0.05) is 22.6 Å². The maximum absolute atomic E-state index is 12.9. The second-order valence-corrected chi connectivity index (χ2v) is 8.33. The second-order valence-electron chi connectivity index (χ2n) is 7.41. The minimum absolute atomic E-state index is 0.230. The number of amides is 1. The number of carbonyl (C=O) groups excluding carboxylic acids is 1. The van der Waals surface area contributed by atoms with E-state index in [0.717, 1.165) is 16.6 Å². The molecule has 30 heavy (non-hydrogen) atoms. The SMILES string of the molecule is CC(C)COc1cccc(NC(=O)c2cc(Br)ccc2OCCc2ccccc2)c1. The third kappa shape index (κ3) is 6.63. The van der Waals surface area contributed by atoms with Crippen molar-refractivity contribution in [3.63, 3.8) is 0 Å². The van der Waals surface area contributed by atoms with E-state index in [4.69, 9.17) is 9.47 Å². The molecule has 0 radical (unpaired) electrons.